The highest BCUT2D eigenvalue weighted by Gasteiger charge is 2.48. The van der Waals surface area contributed by atoms with Gasteiger partial charge in [-0.3, -0.25) is 9.59 Å². The number of aromatic nitrogens is 3. The van der Waals surface area contributed by atoms with Gasteiger partial charge >= 0.3 is 0 Å². The first-order valence-corrected chi connectivity index (χ1v) is 13.2. The van der Waals surface area contributed by atoms with Crippen LogP contribution in [0.5, 0.6) is 5.88 Å². The van der Waals surface area contributed by atoms with E-state index in [-0.39, 0.29) is 23.2 Å². The molecule has 2 aromatic heterocycles. The number of halogens is 1. The second-order valence-electron chi connectivity index (χ2n) is 10.2. The van der Waals surface area contributed by atoms with Crippen LogP contribution in [0.4, 0.5) is 5.95 Å². The number of carbonyl (C=O) groups excluding carboxylic acids is 2. The SMILES string of the molecule is COc1nc(N(C)C)ncc1-c1cc2c(n1C(C)C)[C@H](c1ccc(C#N)cc1)N(C1CC(Cl)CNC1=O)C2=O. The maximum Gasteiger partial charge on any atom is 0.257 e. The van der Waals surface area contributed by atoms with E-state index in [4.69, 9.17) is 16.3 Å². The lowest BCUT2D eigenvalue weighted by atomic mass is 9.98. The topological polar surface area (TPSA) is 116 Å². The number of nitrogens with one attached hydrogen (secondary N) is 1. The van der Waals surface area contributed by atoms with Crippen LogP contribution in [0.3, 0.4) is 0 Å². The molecular weight excluding hydrogens is 518 g/mol. The number of hydrogen-bond donors (Lipinski definition) is 1. The van der Waals surface area contributed by atoms with E-state index in [9.17, 15) is 14.9 Å². The average molecular weight is 548 g/mol. The van der Waals surface area contributed by atoms with Crippen LogP contribution in [0, 0.1) is 11.3 Å². The maximum atomic E-state index is 14.1. The molecule has 1 saturated heterocycles. The second kappa shape index (κ2) is 10.2. The van der Waals surface area contributed by atoms with Gasteiger partial charge in [0.15, 0.2) is 0 Å². The zero-order valence-corrected chi connectivity index (χ0v) is 23.2. The van der Waals surface area contributed by atoms with E-state index in [1.165, 1.54) is 0 Å². The number of ether oxygens (including phenoxy) is 1. The van der Waals surface area contributed by atoms with Crippen molar-refractivity contribution in [3.63, 3.8) is 0 Å². The number of piperidine rings is 1. The molecule has 2 aliphatic heterocycles. The van der Waals surface area contributed by atoms with Crippen LogP contribution in [-0.4, -0.2) is 70.4 Å². The Morgan fingerprint density at radius 3 is 2.54 bits per heavy atom. The van der Waals surface area contributed by atoms with Gasteiger partial charge in [0.2, 0.25) is 17.7 Å². The molecule has 2 aliphatic rings. The number of fused-ring (bicyclic) bond motifs is 1. The molecule has 202 valence electrons. The molecule has 0 spiro atoms. The minimum absolute atomic E-state index is 0.0587. The van der Waals surface area contributed by atoms with Crippen molar-refractivity contribution in [2.24, 2.45) is 0 Å². The van der Waals surface area contributed by atoms with Gasteiger partial charge in [-0.2, -0.15) is 10.2 Å². The molecule has 4 heterocycles. The van der Waals surface area contributed by atoms with Crippen LogP contribution < -0.4 is 15.0 Å². The number of rotatable bonds is 6. The number of amides is 2. The molecule has 3 atom stereocenters. The van der Waals surface area contributed by atoms with Crippen LogP contribution in [-0.2, 0) is 4.79 Å². The van der Waals surface area contributed by atoms with Crippen LogP contribution in [0.2, 0.25) is 0 Å². The predicted molar refractivity (Wildman–Crippen MR) is 147 cm³/mol. The Labute approximate surface area is 232 Å². The summed E-state index contributed by atoms with van der Waals surface area (Å²) in [5.41, 5.74) is 3.96. The Morgan fingerprint density at radius 2 is 1.92 bits per heavy atom. The molecular formula is C28H30ClN7O3. The third kappa shape index (κ3) is 4.46. The summed E-state index contributed by atoms with van der Waals surface area (Å²) in [7, 11) is 5.25. The number of carbonyl (C=O) groups is 2. The number of hydrogen-bond acceptors (Lipinski definition) is 7. The van der Waals surface area contributed by atoms with Crippen molar-refractivity contribution in [3.8, 4) is 23.2 Å². The van der Waals surface area contributed by atoms with Gasteiger partial charge in [0, 0.05) is 32.9 Å². The number of methoxy groups -OCH3 is 1. The second-order valence-corrected chi connectivity index (χ2v) is 10.8. The summed E-state index contributed by atoms with van der Waals surface area (Å²) in [6, 6.07) is 9.74. The van der Waals surface area contributed by atoms with E-state index in [1.807, 2.05) is 46.1 Å². The Bertz CT molecular complexity index is 1480. The lowest BCUT2D eigenvalue weighted by molar-refractivity contribution is -0.127. The molecule has 2 unspecified atom stereocenters. The van der Waals surface area contributed by atoms with Crippen molar-refractivity contribution in [2.75, 3.05) is 32.6 Å². The Morgan fingerprint density at radius 1 is 1.21 bits per heavy atom. The summed E-state index contributed by atoms with van der Waals surface area (Å²) in [6.45, 7) is 4.44. The minimum Gasteiger partial charge on any atom is -0.480 e. The normalized spacial score (nSPS) is 20.6. The van der Waals surface area contributed by atoms with Crippen LogP contribution in [0.15, 0.2) is 36.5 Å². The fourth-order valence-corrected chi connectivity index (χ4v) is 5.67. The lowest BCUT2D eigenvalue weighted by Gasteiger charge is -2.37. The van der Waals surface area contributed by atoms with E-state index >= 15 is 0 Å². The van der Waals surface area contributed by atoms with Crippen molar-refractivity contribution in [1.29, 1.82) is 5.26 Å². The predicted octanol–water partition coefficient (Wildman–Crippen LogP) is 3.51. The zero-order chi connectivity index (χ0) is 28.0. The van der Waals surface area contributed by atoms with Crippen molar-refractivity contribution >= 4 is 29.4 Å². The molecule has 2 amide bonds. The van der Waals surface area contributed by atoms with Gasteiger partial charge in [0.25, 0.3) is 5.91 Å². The molecule has 3 aromatic rings. The van der Waals surface area contributed by atoms with Crippen molar-refractivity contribution in [2.45, 2.75) is 43.8 Å². The number of nitriles is 1. The first kappa shape index (κ1) is 26.5. The number of alkyl halides is 1. The number of benzene rings is 1. The third-order valence-electron chi connectivity index (χ3n) is 7.18. The Balaban J connectivity index is 1.73. The summed E-state index contributed by atoms with van der Waals surface area (Å²) in [5.74, 6) is 0.413. The summed E-state index contributed by atoms with van der Waals surface area (Å²) < 4.78 is 7.74. The molecule has 0 bridgehead atoms. The highest BCUT2D eigenvalue weighted by molar-refractivity contribution is 6.21. The van der Waals surface area contributed by atoms with E-state index in [0.717, 1.165) is 17.0 Å². The van der Waals surface area contributed by atoms with Crippen LogP contribution >= 0.6 is 11.6 Å². The monoisotopic (exact) mass is 547 g/mol. The quantitative estimate of drug-likeness (QED) is 0.469. The first-order valence-electron chi connectivity index (χ1n) is 12.7. The van der Waals surface area contributed by atoms with E-state index in [1.54, 1.807) is 35.2 Å². The van der Waals surface area contributed by atoms with Crippen molar-refractivity contribution in [3.05, 3.63) is 58.9 Å². The number of anilines is 1. The highest BCUT2D eigenvalue weighted by atomic mass is 35.5. The van der Waals surface area contributed by atoms with E-state index in [0.29, 0.717) is 41.5 Å². The summed E-state index contributed by atoms with van der Waals surface area (Å²) in [5, 5.41) is 11.9. The smallest absolute Gasteiger partial charge is 0.257 e. The molecule has 10 nitrogen and oxygen atoms in total. The van der Waals surface area contributed by atoms with Gasteiger partial charge in [-0.15, -0.1) is 11.6 Å². The molecule has 5 rings (SSSR count). The number of nitrogens with zero attached hydrogens (tertiary/aromatic N) is 6. The first-order chi connectivity index (χ1) is 18.7. The van der Waals surface area contributed by atoms with Gasteiger partial charge < -0.3 is 24.4 Å². The third-order valence-corrected chi connectivity index (χ3v) is 7.51. The molecule has 0 saturated carbocycles. The Hall–Kier alpha value is -4.10. The standard InChI is InChI=1S/C28H30ClN7O3/c1-15(2)35-21(20-14-32-28(34(3)4)33-26(20)39-5)11-19-24(35)23(17-8-6-16(12-30)7-9-17)36(27(19)38)22-10-18(29)13-31-25(22)37/h6-9,11,14-15,18,22-23H,10,13H2,1-5H3,(H,31,37)/t18?,22?,23-/m0/s1. The molecule has 11 heteroatoms. The summed E-state index contributed by atoms with van der Waals surface area (Å²) >= 11 is 6.45. The van der Waals surface area contributed by atoms with E-state index in [2.05, 4.69) is 25.9 Å². The minimum atomic E-state index is -0.733. The average Bonchev–Trinajstić information content (AvgIpc) is 3.44. The fourth-order valence-electron chi connectivity index (χ4n) is 5.43. The van der Waals surface area contributed by atoms with Crippen LogP contribution in [0.1, 0.15) is 59.5 Å². The van der Waals surface area contributed by atoms with Gasteiger partial charge in [-0.1, -0.05) is 12.1 Å². The largest absolute Gasteiger partial charge is 0.480 e. The lowest BCUT2D eigenvalue weighted by Crippen LogP contribution is -2.55. The molecule has 0 radical (unpaired) electrons. The summed E-state index contributed by atoms with van der Waals surface area (Å²) in [6.07, 6.45) is 2.05. The molecule has 39 heavy (non-hydrogen) atoms. The summed E-state index contributed by atoms with van der Waals surface area (Å²) in [4.78, 5) is 39.7. The van der Waals surface area contributed by atoms with Crippen molar-refractivity contribution in [1.82, 2.24) is 24.8 Å². The van der Waals surface area contributed by atoms with E-state index < -0.39 is 12.1 Å². The van der Waals surface area contributed by atoms with Gasteiger partial charge in [0.05, 0.1) is 52.7 Å². The highest BCUT2D eigenvalue weighted by Crippen LogP contribution is 2.46. The van der Waals surface area contributed by atoms with Gasteiger partial charge in [-0.25, -0.2) is 4.98 Å². The molecule has 1 aromatic carbocycles. The Kier molecular flexibility index (Phi) is 6.95. The zero-order valence-electron chi connectivity index (χ0n) is 22.5. The van der Waals surface area contributed by atoms with Gasteiger partial charge in [-0.05, 0) is 44.0 Å². The molecule has 0 aliphatic carbocycles. The maximum absolute atomic E-state index is 14.1. The van der Waals surface area contributed by atoms with Crippen LogP contribution in [0.25, 0.3) is 11.3 Å². The molecule has 1 fully saturated rings. The van der Waals surface area contributed by atoms with Crippen molar-refractivity contribution < 1.29 is 14.3 Å². The van der Waals surface area contributed by atoms with Gasteiger partial charge in [0.1, 0.15) is 6.04 Å². The fraction of sp³-hybridized carbons (Fsp3) is 0.393. The molecule has 1 N–H and O–H groups in total.